The maximum Gasteiger partial charge on any atom is 0.416 e. The summed E-state index contributed by atoms with van der Waals surface area (Å²) in [7, 11) is 0. The van der Waals surface area contributed by atoms with E-state index in [9.17, 15) is 13.2 Å². The van der Waals surface area contributed by atoms with Crippen molar-refractivity contribution in [3.8, 4) is 17.1 Å². The fourth-order valence-electron chi connectivity index (χ4n) is 2.92. The lowest BCUT2D eigenvalue weighted by Crippen LogP contribution is -2.05. The van der Waals surface area contributed by atoms with Crippen molar-refractivity contribution in [3.63, 3.8) is 0 Å². The first-order chi connectivity index (χ1) is 14.9. The lowest BCUT2D eigenvalue weighted by Gasteiger charge is -2.10. The topological polar surface area (TPSA) is 39.9 Å². The third-order valence-corrected chi connectivity index (χ3v) is 5.57. The smallest absolute Gasteiger partial charge is 0.416 e. The summed E-state index contributed by atoms with van der Waals surface area (Å²) in [6, 6.07) is 13.0. The van der Waals surface area contributed by atoms with Gasteiger partial charge in [0.25, 0.3) is 0 Å². The molecular formula is C23H24F3N3OS. The molecule has 0 spiro atoms. The van der Waals surface area contributed by atoms with E-state index in [2.05, 4.69) is 23.7 Å². The molecule has 0 aliphatic heterocycles. The molecule has 164 valence electrons. The second-order valence-electron chi connectivity index (χ2n) is 6.92. The van der Waals surface area contributed by atoms with Gasteiger partial charge < -0.3 is 4.74 Å². The summed E-state index contributed by atoms with van der Waals surface area (Å²) in [4.78, 5) is 0. The van der Waals surface area contributed by atoms with Crippen LogP contribution in [0.1, 0.15) is 30.9 Å². The molecule has 3 aromatic rings. The summed E-state index contributed by atoms with van der Waals surface area (Å²) in [5, 5.41) is 9.18. The molecule has 3 rings (SSSR count). The van der Waals surface area contributed by atoms with Gasteiger partial charge in [-0.3, -0.25) is 4.57 Å². The predicted molar refractivity (Wildman–Crippen MR) is 117 cm³/mol. The fourth-order valence-corrected chi connectivity index (χ4v) is 3.81. The van der Waals surface area contributed by atoms with Gasteiger partial charge in [-0.25, -0.2) is 0 Å². The molecule has 0 bridgehead atoms. The van der Waals surface area contributed by atoms with Crippen LogP contribution >= 0.6 is 11.8 Å². The molecular weight excluding hydrogens is 423 g/mol. The number of nitrogens with zero attached hydrogens (tertiary/aromatic N) is 3. The monoisotopic (exact) mass is 447 g/mol. The Bertz CT molecular complexity index is 1000. The molecule has 0 atom stereocenters. The Morgan fingerprint density at radius 3 is 2.58 bits per heavy atom. The van der Waals surface area contributed by atoms with Gasteiger partial charge in [-0.15, -0.1) is 16.8 Å². The lowest BCUT2D eigenvalue weighted by molar-refractivity contribution is -0.137. The molecule has 8 heteroatoms. The number of halogens is 3. The van der Waals surface area contributed by atoms with Gasteiger partial charge in [0.1, 0.15) is 5.75 Å². The molecule has 1 heterocycles. The average molecular weight is 448 g/mol. The van der Waals surface area contributed by atoms with E-state index in [0.29, 0.717) is 35.4 Å². The quantitative estimate of drug-likeness (QED) is 0.199. The highest BCUT2D eigenvalue weighted by Crippen LogP contribution is 2.32. The molecule has 0 fully saturated rings. The zero-order chi connectivity index (χ0) is 22.3. The number of hydrogen-bond donors (Lipinski definition) is 0. The van der Waals surface area contributed by atoms with Crippen molar-refractivity contribution < 1.29 is 17.9 Å². The minimum atomic E-state index is -4.36. The second-order valence-corrected chi connectivity index (χ2v) is 7.86. The van der Waals surface area contributed by atoms with Crippen LogP contribution in [-0.4, -0.2) is 21.4 Å². The standard InChI is InChI=1S/C23H24F3N3OS/c1-3-5-14-30-20-11-9-18(10-12-20)21-27-28-22(29(21)13-4-2)31-16-17-7-6-8-19(15-17)23(24,25)26/h4,6-12,15H,2-3,5,13-14,16H2,1H3. The average Bonchev–Trinajstić information content (AvgIpc) is 3.15. The Kier molecular flexibility index (Phi) is 7.79. The third kappa shape index (κ3) is 6.13. The van der Waals surface area contributed by atoms with Gasteiger partial charge in [0.2, 0.25) is 0 Å². The maximum atomic E-state index is 12.9. The van der Waals surface area contributed by atoms with Gasteiger partial charge in [0.15, 0.2) is 11.0 Å². The van der Waals surface area contributed by atoms with Gasteiger partial charge >= 0.3 is 6.18 Å². The van der Waals surface area contributed by atoms with E-state index in [0.717, 1.165) is 30.2 Å². The van der Waals surface area contributed by atoms with E-state index >= 15 is 0 Å². The van der Waals surface area contributed by atoms with Crippen LogP contribution < -0.4 is 4.74 Å². The van der Waals surface area contributed by atoms with E-state index in [1.165, 1.54) is 23.9 Å². The first kappa shape index (κ1) is 22.9. The summed E-state index contributed by atoms with van der Waals surface area (Å²) >= 11 is 1.34. The molecule has 0 saturated heterocycles. The molecule has 0 aliphatic rings. The zero-order valence-electron chi connectivity index (χ0n) is 17.2. The van der Waals surface area contributed by atoms with Gasteiger partial charge in [-0.2, -0.15) is 13.2 Å². The second kappa shape index (κ2) is 10.5. The van der Waals surface area contributed by atoms with Crippen molar-refractivity contribution in [2.75, 3.05) is 6.61 Å². The highest BCUT2D eigenvalue weighted by Gasteiger charge is 2.30. The lowest BCUT2D eigenvalue weighted by atomic mass is 10.1. The van der Waals surface area contributed by atoms with Gasteiger partial charge in [-0.1, -0.05) is 49.4 Å². The molecule has 0 saturated carbocycles. The third-order valence-electron chi connectivity index (χ3n) is 4.53. The largest absolute Gasteiger partial charge is 0.494 e. The first-order valence-electron chi connectivity index (χ1n) is 9.98. The number of benzene rings is 2. The van der Waals surface area contributed by atoms with E-state index < -0.39 is 11.7 Å². The van der Waals surface area contributed by atoms with E-state index in [1.54, 1.807) is 12.1 Å². The van der Waals surface area contributed by atoms with E-state index in [4.69, 9.17) is 4.74 Å². The Morgan fingerprint density at radius 2 is 1.90 bits per heavy atom. The van der Waals surface area contributed by atoms with Crippen LogP contribution in [0, 0.1) is 0 Å². The van der Waals surface area contributed by atoms with Crippen molar-refractivity contribution in [2.24, 2.45) is 0 Å². The Labute approximate surface area is 184 Å². The molecule has 0 unspecified atom stereocenters. The summed E-state index contributed by atoms with van der Waals surface area (Å²) in [6.45, 7) is 7.07. The normalized spacial score (nSPS) is 11.5. The van der Waals surface area contributed by atoms with Crippen molar-refractivity contribution in [2.45, 2.75) is 43.4 Å². The molecule has 0 amide bonds. The Hall–Kier alpha value is -2.74. The minimum Gasteiger partial charge on any atom is -0.494 e. The van der Waals surface area contributed by atoms with Gasteiger partial charge in [0.05, 0.1) is 12.2 Å². The van der Waals surface area contributed by atoms with Crippen LogP contribution in [0.15, 0.2) is 66.3 Å². The molecule has 0 aliphatic carbocycles. The summed E-state index contributed by atoms with van der Waals surface area (Å²) in [5.41, 5.74) is 0.798. The van der Waals surface area contributed by atoms with Crippen molar-refractivity contribution in [1.29, 1.82) is 0 Å². The van der Waals surface area contributed by atoms with Crippen molar-refractivity contribution in [3.05, 3.63) is 72.3 Å². The van der Waals surface area contributed by atoms with Crippen LogP contribution in [0.25, 0.3) is 11.4 Å². The number of unbranched alkanes of at least 4 members (excludes halogenated alkanes) is 1. The summed E-state index contributed by atoms with van der Waals surface area (Å²) in [5.74, 6) is 1.82. The summed E-state index contributed by atoms with van der Waals surface area (Å²) < 4.78 is 46.4. The highest BCUT2D eigenvalue weighted by atomic mass is 32.2. The van der Waals surface area contributed by atoms with Gasteiger partial charge in [-0.05, 0) is 42.3 Å². The number of aromatic nitrogens is 3. The number of alkyl halides is 3. The van der Waals surface area contributed by atoms with Crippen LogP contribution in [0.5, 0.6) is 5.75 Å². The number of ether oxygens (including phenoxy) is 1. The fraction of sp³-hybridized carbons (Fsp3) is 0.304. The van der Waals surface area contributed by atoms with Gasteiger partial charge in [0, 0.05) is 17.9 Å². The van der Waals surface area contributed by atoms with Crippen LogP contribution in [0.2, 0.25) is 0 Å². The van der Waals surface area contributed by atoms with Crippen molar-refractivity contribution in [1.82, 2.24) is 14.8 Å². The Morgan fingerprint density at radius 1 is 1.13 bits per heavy atom. The van der Waals surface area contributed by atoms with Crippen LogP contribution in [0.3, 0.4) is 0 Å². The van der Waals surface area contributed by atoms with Crippen LogP contribution in [0.4, 0.5) is 13.2 Å². The number of hydrogen-bond acceptors (Lipinski definition) is 4. The number of rotatable bonds is 10. The van der Waals surface area contributed by atoms with E-state index in [-0.39, 0.29) is 0 Å². The maximum absolute atomic E-state index is 12.9. The van der Waals surface area contributed by atoms with Crippen LogP contribution in [-0.2, 0) is 18.5 Å². The number of allylic oxidation sites excluding steroid dienone is 1. The van der Waals surface area contributed by atoms with E-state index in [1.807, 2.05) is 28.8 Å². The van der Waals surface area contributed by atoms with Crippen molar-refractivity contribution >= 4 is 11.8 Å². The Balaban J connectivity index is 1.75. The number of thioether (sulfide) groups is 1. The molecule has 31 heavy (non-hydrogen) atoms. The molecule has 0 radical (unpaired) electrons. The molecule has 4 nitrogen and oxygen atoms in total. The SMILES string of the molecule is C=CCn1c(SCc2cccc(C(F)(F)F)c2)nnc1-c1ccc(OCCCC)cc1. The molecule has 0 N–H and O–H groups in total. The first-order valence-corrected chi connectivity index (χ1v) is 11.0. The molecule has 2 aromatic carbocycles. The minimum absolute atomic E-state index is 0.351. The molecule has 1 aromatic heterocycles. The summed E-state index contributed by atoms with van der Waals surface area (Å²) in [6.07, 6.45) is -0.544. The highest BCUT2D eigenvalue weighted by molar-refractivity contribution is 7.98. The zero-order valence-corrected chi connectivity index (χ0v) is 18.0. The predicted octanol–water partition coefficient (Wildman–Crippen LogP) is 6.62.